The van der Waals surface area contributed by atoms with E-state index in [1.165, 1.54) is 0 Å². The molecule has 2 atom stereocenters. The third-order valence-electron chi connectivity index (χ3n) is 4.58. The second-order valence-electron chi connectivity index (χ2n) is 6.20. The maximum atomic E-state index is 12.9. The minimum atomic E-state index is -0.299. The predicted molar refractivity (Wildman–Crippen MR) is 102 cm³/mol. The molecular formula is C20H27ClN2O2. The first-order valence-corrected chi connectivity index (χ1v) is 9.22. The molecule has 0 saturated heterocycles. The lowest BCUT2D eigenvalue weighted by molar-refractivity contribution is -0.122. The standard InChI is InChI=1S/C20H27ClN2O2/c1-4-23(5-2)15(3)14-22-20(24)19(13-18-7-6-12-25-18)16-8-10-17(21)11-9-16/h6-12,15,19H,4-5,13-14H2,1-3H3,(H,22,24). The Morgan fingerprint density at radius 1 is 1.20 bits per heavy atom. The number of benzene rings is 1. The minimum absolute atomic E-state index is 0.0118. The number of halogens is 1. The van der Waals surface area contributed by atoms with Crippen LogP contribution in [-0.4, -0.2) is 36.5 Å². The Bertz CT molecular complexity index is 636. The van der Waals surface area contributed by atoms with Crippen molar-refractivity contribution in [2.45, 2.75) is 39.2 Å². The van der Waals surface area contributed by atoms with Crippen molar-refractivity contribution in [2.75, 3.05) is 19.6 Å². The van der Waals surface area contributed by atoms with Gasteiger partial charge in [0.1, 0.15) is 5.76 Å². The Balaban J connectivity index is 2.08. The van der Waals surface area contributed by atoms with E-state index >= 15 is 0 Å². The summed E-state index contributed by atoms with van der Waals surface area (Å²) in [5.74, 6) is 0.511. The van der Waals surface area contributed by atoms with Gasteiger partial charge in [0.15, 0.2) is 0 Å². The van der Waals surface area contributed by atoms with E-state index in [1.807, 2.05) is 36.4 Å². The number of likely N-dealkylation sites (N-methyl/N-ethyl adjacent to an activating group) is 1. The van der Waals surface area contributed by atoms with Gasteiger partial charge >= 0.3 is 0 Å². The molecule has 0 aliphatic carbocycles. The third kappa shape index (κ3) is 5.62. The van der Waals surface area contributed by atoms with Gasteiger partial charge < -0.3 is 9.73 Å². The van der Waals surface area contributed by atoms with Crippen molar-refractivity contribution in [1.82, 2.24) is 10.2 Å². The molecule has 0 saturated carbocycles. The largest absolute Gasteiger partial charge is 0.469 e. The molecule has 1 heterocycles. The minimum Gasteiger partial charge on any atom is -0.469 e. The van der Waals surface area contributed by atoms with E-state index in [9.17, 15) is 4.79 Å². The molecule has 2 unspecified atom stereocenters. The van der Waals surface area contributed by atoms with Crippen LogP contribution in [0, 0.1) is 0 Å². The molecule has 25 heavy (non-hydrogen) atoms. The molecule has 0 aliphatic heterocycles. The third-order valence-corrected chi connectivity index (χ3v) is 4.83. The van der Waals surface area contributed by atoms with Gasteiger partial charge in [-0.3, -0.25) is 9.69 Å². The van der Waals surface area contributed by atoms with Crippen LogP contribution in [-0.2, 0) is 11.2 Å². The van der Waals surface area contributed by atoms with Crippen molar-refractivity contribution >= 4 is 17.5 Å². The first-order valence-electron chi connectivity index (χ1n) is 8.84. The predicted octanol–water partition coefficient (Wildman–Crippen LogP) is 4.11. The maximum Gasteiger partial charge on any atom is 0.228 e. The number of carbonyl (C=O) groups is 1. The molecule has 0 radical (unpaired) electrons. The van der Waals surface area contributed by atoms with Gasteiger partial charge in [0, 0.05) is 24.0 Å². The molecule has 0 spiro atoms. The molecule has 5 heteroatoms. The molecule has 0 bridgehead atoms. The van der Waals surface area contributed by atoms with Crippen molar-refractivity contribution in [1.29, 1.82) is 0 Å². The number of rotatable bonds is 9. The van der Waals surface area contributed by atoms with Gasteiger partial charge in [0.2, 0.25) is 5.91 Å². The monoisotopic (exact) mass is 362 g/mol. The first-order chi connectivity index (χ1) is 12.0. The molecule has 1 aromatic carbocycles. The molecule has 4 nitrogen and oxygen atoms in total. The molecule has 1 aromatic heterocycles. The number of nitrogens with zero attached hydrogens (tertiary/aromatic N) is 1. The second-order valence-corrected chi connectivity index (χ2v) is 6.64. The van der Waals surface area contributed by atoms with Crippen LogP contribution in [0.25, 0.3) is 0 Å². The summed E-state index contributed by atoms with van der Waals surface area (Å²) >= 11 is 5.98. The number of carbonyl (C=O) groups excluding carboxylic acids is 1. The fourth-order valence-corrected chi connectivity index (χ4v) is 3.16. The summed E-state index contributed by atoms with van der Waals surface area (Å²) in [7, 11) is 0. The summed E-state index contributed by atoms with van der Waals surface area (Å²) in [4.78, 5) is 15.2. The first kappa shape index (κ1) is 19.5. The van der Waals surface area contributed by atoms with Gasteiger partial charge in [-0.2, -0.15) is 0 Å². The average Bonchev–Trinajstić information content (AvgIpc) is 3.13. The van der Waals surface area contributed by atoms with Crippen LogP contribution < -0.4 is 5.32 Å². The lowest BCUT2D eigenvalue weighted by Crippen LogP contribution is -2.43. The molecule has 1 amide bonds. The van der Waals surface area contributed by atoms with Gasteiger partial charge in [-0.15, -0.1) is 0 Å². The highest BCUT2D eigenvalue weighted by Gasteiger charge is 2.23. The summed E-state index contributed by atoms with van der Waals surface area (Å²) in [6.07, 6.45) is 2.16. The van der Waals surface area contributed by atoms with Gasteiger partial charge in [0.25, 0.3) is 0 Å². The Hall–Kier alpha value is -1.78. The fourth-order valence-electron chi connectivity index (χ4n) is 3.03. The Morgan fingerprint density at radius 2 is 1.88 bits per heavy atom. The second kappa shape index (κ2) is 9.64. The van der Waals surface area contributed by atoms with E-state index in [0.29, 0.717) is 24.0 Å². The SMILES string of the molecule is CCN(CC)C(C)CNC(=O)C(Cc1ccco1)c1ccc(Cl)cc1. The molecule has 2 aromatic rings. The van der Waals surface area contributed by atoms with E-state index < -0.39 is 0 Å². The quantitative estimate of drug-likeness (QED) is 0.730. The van der Waals surface area contributed by atoms with E-state index in [1.54, 1.807) is 6.26 Å². The number of hydrogen-bond acceptors (Lipinski definition) is 3. The normalized spacial score (nSPS) is 13.6. The highest BCUT2D eigenvalue weighted by molar-refractivity contribution is 6.30. The van der Waals surface area contributed by atoms with E-state index in [0.717, 1.165) is 24.4 Å². The Labute approximate surface area is 155 Å². The molecule has 0 fully saturated rings. The fraction of sp³-hybridized carbons (Fsp3) is 0.450. The van der Waals surface area contributed by atoms with Gasteiger partial charge in [-0.1, -0.05) is 37.6 Å². The summed E-state index contributed by atoms with van der Waals surface area (Å²) in [6, 6.07) is 11.5. The van der Waals surface area contributed by atoms with E-state index in [4.69, 9.17) is 16.0 Å². The molecule has 2 rings (SSSR count). The van der Waals surface area contributed by atoms with E-state index in [-0.39, 0.29) is 11.8 Å². The zero-order valence-electron chi connectivity index (χ0n) is 15.2. The van der Waals surface area contributed by atoms with Crippen LogP contribution >= 0.6 is 11.6 Å². The van der Waals surface area contributed by atoms with Crippen LogP contribution in [0.4, 0.5) is 0 Å². The van der Waals surface area contributed by atoms with Crippen LogP contribution in [0.15, 0.2) is 47.1 Å². The Kier molecular flexibility index (Phi) is 7.53. The topological polar surface area (TPSA) is 45.5 Å². The van der Waals surface area contributed by atoms with Crippen LogP contribution in [0.5, 0.6) is 0 Å². The lowest BCUT2D eigenvalue weighted by atomic mass is 9.93. The van der Waals surface area contributed by atoms with Gasteiger partial charge in [-0.05, 0) is 49.8 Å². The number of amides is 1. The van der Waals surface area contributed by atoms with Gasteiger partial charge in [0.05, 0.1) is 12.2 Å². The van der Waals surface area contributed by atoms with Crippen LogP contribution in [0.2, 0.25) is 5.02 Å². The number of nitrogens with one attached hydrogen (secondary N) is 1. The molecule has 0 aliphatic rings. The summed E-state index contributed by atoms with van der Waals surface area (Å²) < 4.78 is 5.44. The average molecular weight is 363 g/mol. The van der Waals surface area contributed by atoms with Crippen LogP contribution in [0.1, 0.15) is 38.0 Å². The highest BCUT2D eigenvalue weighted by atomic mass is 35.5. The summed E-state index contributed by atoms with van der Waals surface area (Å²) in [5, 5.41) is 3.76. The van der Waals surface area contributed by atoms with Crippen molar-refractivity contribution in [3.8, 4) is 0 Å². The smallest absolute Gasteiger partial charge is 0.228 e. The van der Waals surface area contributed by atoms with Gasteiger partial charge in [-0.25, -0.2) is 0 Å². The Morgan fingerprint density at radius 3 is 2.44 bits per heavy atom. The summed E-state index contributed by atoms with van der Waals surface area (Å²) in [5.41, 5.74) is 0.939. The molecule has 1 N–H and O–H groups in total. The maximum absolute atomic E-state index is 12.9. The zero-order valence-corrected chi connectivity index (χ0v) is 15.9. The zero-order chi connectivity index (χ0) is 18.2. The summed E-state index contributed by atoms with van der Waals surface area (Å²) in [6.45, 7) is 8.98. The van der Waals surface area contributed by atoms with E-state index in [2.05, 4.69) is 31.0 Å². The molecular weight excluding hydrogens is 336 g/mol. The lowest BCUT2D eigenvalue weighted by Gasteiger charge is -2.27. The highest BCUT2D eigenvalue weighted by Crippen LogP contribution is 2.23. The van der Waals surface area contributed by atoms with Crippen molar-refractivity contribution in [3.63, 3.8) is 0 Å². The van der Waals surface area contributed by atoms with Crippen molar-refractivity contribution < 1.29 is 9.21 Å². The molecule has 136 valence electrons. The van der Waals surface area contributed by atoms with Crippen LogP contribution in [0.3, 0.4) is 0 Å². The van der Waals surface area contributed by atoms with Crippen molar-refractivity contribution in [2.24, 2.45) is 0 Å². The number of furan rings is 1. The van der Waals surface area contributed by atoms with Crippen molar-refractivity contribution in [3.05, 3.63) is 59.0 Å². The number of hydrogen-bond donors (Lipinski definition) is 1.